The topological polar surface area (TPSA) is 8.81 Å². The summed E-state index contributed by atoms with van der Waals surface area (Å²) in [6.07, 6.45) is 19.5. The van der Waals surface area contributed by atoms with Crippen molar-refractivity contribution in [1.29, 1.82) is 0 Å². The van der Waals surface area contributed by atoms with Gasteiger partial charge in [-0.15, -0.1) is 0 Å². The molecule has 0 aliphatic heterocycles. The van der Waals surface area contributed by atoms with Gasteiger partial charge in [-0.05, 0) is 37.8 Å². The van der Waals surface area contributed by atoms with Gasteiger partial charge >= 0.3 is 0 Å². The first-order valence-corrected chi connectivity index (χ1v) is 11.0. The van der Waals surface area contributed by atoms with Crippen molar-refractivity contribution in [2.45, 2.75) is 97.6 Å². The Morgan fingerprint density at radius 2 is 1.35 bits per heavy atom. The Balaban J connectivity index is 1.89. The van der Waals surface area contributed by atoms with E-state index in [0.717, 1.165) is 13.1 Å². The van der Waals surface area contributed by atoms with Crippen LogP contribution in [-0.2, 0) is 13.1 Å². The number of aromatic nitrogens is 2. The highest BCUT2D eigenvalue weighted by atomic mass is 15.1. The monoisotopic (exact) mass is 355 g/mol. The first-order chi connectivity index (χ1) is 12.9. The van der Waals surface area contributed by atoms with E-state index < -0.39 is 0 Å². The second kappa shape index (κ2) is 12.7. The molecular formula is C24H39N2+. The van der Waals surface area contributed by atoms with E-state index >= 15 is 0 Å². The maximum absolute atomic E-state index is 2.47. The van der Waals surface area contributed by atoms with Gasteiger partial charge in [0.25, 0.3) is 5.82 Å². The molecule has 2 nitrogen and oxygen atoms in total. The van der Waals surface area contributed by atoms with Gasteiger partial charge in [-0.25, -0.2) is 9.13 Å². The zero-order valence-corrected chi connectivity index (χ0v) is 17.1. The van der Waals surface area contributed by atoms with Crippen LogP contribution in [0.1, 0.15) is 84.5 Å². The van der Waals surface area contributed by atoms with Crippen LogP contribution in [0.5, 0.6) is 0 Å². The fourth-order valence-corrected chi connectivity index (χ4v) is 3.70. The van der Waals surface area contributed by atoms with Gasteiger partial charge in [0.1, 0.15) is 12.4 Å². The van der Waals surface area contributed by atoms with Crippen molar-refractivity contribution in [1.82, 2.24) is 4.57 Å². The Morgan fingerprint density at radius 1 is 0.731 bits per heavy atom. The minimum Gasteiger partial charge on any atom is -0.230 e. The first kappa shape index (κ1) is 20.7. The predicted octanol–water partition coefficient (Wildman–Crippen LogP) is 6.77. The van der Waals surface area contributed by atoms with Gasteiger partial charge in [0.2, 0.25) is 0 Å². The first-order valence-electron chi connectivity index (χ1n) is 11.0. The number of hydrogen-bond acceptors (Lipinski definition) is 0. The van der Waals surface area contributed by atoms with Crippen LogP contribution >= 0.6 is 0 Å². The molecule has 26 heavy (non-hydrogen) atoms. The van der Waals surface area contributed by atoms with Crippen molar-refractivity contribution in [3.63, 3.8) is 0 Å². The highest BCUT2D eigenvalue weighted by Gasteiger charge is 2.18. The van der Waals surface area contributed by atoms with Gasteiger partial charge < -0.3 is 0 Å². The molecule has 0 unspecified atom stereocenters. The van der Waals surface area contributed by atoms with Crippen molar-refractivity contribution in [2.24, 2.45) is 0 Å². The lowest BCUT2D eigenvalue weighted by molar-refractivity contribution is -0.686. The quantitative estimate of drug-likeness (QED) is 0.261. The highest BCUT2D eigenvalue weighted by Crippen LogP contribution is 2.17. The molecule has 0 saturated carbocycles. The normalized spacial score (nSPS) is 11.2. The number of unbranched alkanes of at least 4 members (excludes halogenated alkanes) is 9. The summed E-state index contributed by atoms with van der Waals surface area (Å²) < 4.78 is 4.92. The summed E-state index contributed by atoms with van der Waals surface area (Å²) >= 11 is 0. The zero-order valence-electron chi connectivity index (χ0n) is 17.1. The average Bonchev–Trinajstić information content (AvgIpc) is 3.07. The Morgan fingerprint density at radius 3 is 2.04 bits per heavy atom. The lowest BCUT2D eigenvalue weighted by Gasteiger charge is -2.06. The van der Waals surface area contributed by atoms with E-state index in [9.17, 15) is 0 Å². The largest absolute Gasteiger partial charge is 0.288 e. The molecule has 0 radical (unpaired) electrons. The van der Waals surface area contributed by atoms with Crippen LogP contribution in [0, 0.1) is 0 Å². The van der Waals surface area contributed by atoms with Crippen LogP contribution in [0.4, 0.5) is 0 Å². The van der Waals surface area contributed by atoms with E-state index in [4.69, 9.17) is 0 Å². The van der Waals surface area contributed by atoms with Crippen molar-refractivity contribution >= 4 is 0 Å². The summed E-state index contributed by atoms with van der Waals surface area (Å²) in [5.41, 5.74) is 1.34. The Bertz CT molecular complexity index is 586. The second-order valence-corrected chi connectivity index (χ2v) is 7.56. The van der Waals surface area contributed by atoms with Crippen LogP contribution in [0.25, 0.3) is 11.4 Å². The van der Waals surface area contributed by atoms with Crippen molar-refractivity contribution in [3.05, 3.63) is 42.7 Å². The number of benzene rings is 1. The van der Waals surface area contributed by atoms with E-state index in [-0.39, 0.29) is 0 Å². The minimum absolute atomic E-state index is 1.13. The number of hydrogen-bond donors (Lipinski definition) is 0. The SMILES string of the molecule is CCCCCCCCCCn1cc[n+](CCCCC)c1-c1ccccc1. The summed E-state index contributed by atoms with van der Waals surface area (Å²) in [5.74, 6) is 1.38. The summed E-state index contributed by atoms with van der Waals surface area (Å²) in [5, 5.41) is 0. The molecule has 0 spiro atoms. The van der Waals surface area contributed by atoms with E-state index in [1.807, 2.05) is 0 Å². The number of nitrogens with zero attached hydrogens (tertiary/aromatic N) is 2. The molecule has 0 saturated heterocycles. The molecule has 2 heteroatoms. The van der Waals surface area contributed by atoms with Gasteiger partial charge in [-0.3, -0.25) is 0 Å². The van der Waals surface area contributed by atoms with Crippen LogP contribution in [0.3, 0.4) is 0 Å². The van der Waals surface area contributed by atoms with Gasteiger partial charge in [0.05, 0.1) is 18.7 Å². The molecule has 0 aliphatic carbocycles. The molecule has 0 amide bonds. The lowest BCUT2D eigenvalue weighted by atomic mass is 10.1. The Hall–Kier alpha value is -1.57. The summed E-state index contributed by atoms with van der Waals surface area (Å²) in [7, 11) is 0. The molecule has 1 aromatic carbocycles. The van der Waals surface area contributed by atoms with Gasteiger partial charge in [-0.1, -0.05) is 77.0 Å². The van der Waals surface area contributed by atoms with E-state index in [2.05, 4.69) is 65.7 Å². The predicted molar refractivity (Wildman–Crippen MR) is 112 cm³/mol. The van der Waals surface area contributed by atoms with Crippen LogP contribution in [0.2, 0.25) is 0 Å². The standard InChI is InChI=1S/C24H39N2/c1-3-5-7-8-9-10-11-16-20-26-22-21-25(19-15-6-4-2)24(26)23-17-13-12-14-18-23/h12-14,17-18,21-22H,3-11,15-16,19-20H2,1-2H3/q+1. The molecule has 1 aromatic heterocycles. The molecule has 1 heterocycles. The van der Waals surface area contributed by atoms with Crippen molar-refractivity contribution in [2.75, 3.05) is 0 Å². The maximum Gasteiger partial charge on any atom is 0.288 e. The average molecular weight is 356 g/mol. The smallest absolute Gasteiger partial charge is 0.230 e. The lowest BCUT2D eigenvalue weighted by Crippen LogP contribution is -2.34. The van der Waals surface area contributed by atoms with Crippen LogP contribution in [-0.4, -0.2) is 4.57 Å². The molecule has 2 rings (SSSR count). The van der Waals surface area contributed by atoms with Crippen LogP contribution in [0.15, 0.2) is 42.7 Å². The maximum atomic E-state index is 2.47. The molecule has 2 aromatic rings. The van der Waals surface area contributed by atoms with E-state index in [1.54, 1.807) is 0 Å². The highest BCUT2D eigenvalue weighted by molar-refractivity contribution is 5.52. The molecule has 144 valence electrons. The fraction of sp³-hybridized carbons (Fsp3) is 0.625. The molecule has 0 N–H and O–H groups in total. The van der Waals surface area contributed by atoms with E-state index in [0.29, 0.717) is 0 Å². The number of rotatable bonds is 14. The molecular weight excluding hydrogens is 316 g/mol. The van der Waals surface area contributed by atoms with Gasteiger partial charge in [-0.2, -0.15) is 0 Å². The third-order valence-electron chi connectivity index (χ3n) is 5.26. The third kappa shape index (κ3) is 6.97. The molecule has 0 bridgehead atoms. The Labute approximate surface area is 161 Å². The van der Waals surface area contributed by atoms with Gasteiger partial charge in [0, 0.05) is 0 Å². The fourth-order valence-electron chi connectivity index (χ4n) is 3.70. The van der Waals surface area contributed by atoms with Crippen molar-refractivity contribution in [3.8, 4) is 11.4 Å². The molecule has 0 atom stereocenters. The summed E-state index contributed by atoms with van der Waals surface area (Å²) in [6.45, 7) is 6.83. The van der Waals surface area contributed by atoms with Crippen LogP contribution < -0.4 is 4.57 Å². The number of imidazole rings is 1. The Kier molecular flexibility index (Phi) is 10.2. The molecule has 0 aliphatic rings. The summed E-state index contributed by atoms with van der Waals surface area (Å²) in [4.78, 5) is 0. The number of aryl methyl sites for hydroxylation is 2. The van der Waals surface area contributed by atoms with E-state index in [1.165, 1.54) is 82.0 Å². The van der Waals surface area contributed by atoms with Gasteiger partial charge in [0.15, 0.2) is 0 Å². The van der Waals surface area contributed by atoms with Crippen molar-refractivity contribution < 1.29 is 4.57 Å². The second-order valence-electron chi connectivity index (χ2n) is 7.56. The third-order valence-corrected chi connectivity index (χ3v) is 5.26. The minimum atomic E-state index is 1.13. The molecule has 0 fully saturated rings. The zero-order chi connectivity index (χ0) is 18.5. The summed E-state index contributed by atoms with van der Waals surface area (Å²) in [6, 6.07) is 10.9.